The van der Waals surface area contributed by atoms with E-state index in [0.29, 0.717) is 23.1 Å². The number of aromatic hydroxyl groups is 2. The second-order valence-electron chi connectivity index (χ2n) is 15.3. The number of carbonyl (C=O) groups excluding carboxylic acids is 7. The van der Waals surface area contributed by atoms with Crippen molar-refractivity contribution in [1.82, 2.24) is 36.8 Å². The van der Waals surface area contributed by atoms with Crippen LogP contribution in [0.2, 0.25) is 0 Å². The SMILES string of the molecule is CC(C)NC(=O)[C@H](CO)NC(=O)[C@@H]1CCCN1C(=O)[C@H](Cc1ccc(O)cc1)NC(=O)CNC(=O)[C@H](Cc1ccccc1)NC(=O)[C@@H](C)NC(=O)[C@@H](N)Cc1ccc(O)cc1. The Morgan fingerprint density at radius 1 is 0.656 bits per heavy atom. The number of rotatable bonds is 20. The number of aliphatic hydroxyl groups excluding tert-OH is 1. The maximum atomic E-state index is 14.1. The van der Waals surface area contributed by atoms with Crippen LogP contribution in [0.25, 0.3) is 0 Å². The number of nitrogens with one attached hydrogen (secondary N) is 6. The number of amides is 7. The average molecular weight is 845 g/mol. The molecule has 11 N–H and O–H groups in total. The second kappa shape index (κ2) is 22.7. The van der Waals surface area contributed by atoms with Gasteiger partial charge in [0.1, 0.15) is 41.7 Å². The molecule has 3 aromatic rings. The highest BCUT2D eigenvalue weighted by Crippen LogP contribution is 2.21. The van der Waals surface area contributed by atoms with E-state index in [4.69, 9.17) is 5.73 Å². The maximum Gasteiger partial charge on any atom is 0.246 e. The average Bonchev–Trinajstić information content (AvgIpc) is 3.73. The van der Waals surface area contributed by atoms with E-state index in [1.165, 1.54) is 36.1 Å². The normalized spacial score (nSPS) is 16.0. The molecule has 328 valence electrons. The molecule has 1 aliphatic rings. The van der Waals surface area contributed by atoms with Crippen molar-refractivity contribution in [3.05, 3.63) is 95.6 Å². The van der Waals surface area contributed by atoms with Crippen molar-refractivity contribution in [2.24, 2.45) is 5.73 Å². The Hall–Kier alpha value is -6.53. The highest BCUT2D eigenvalue weighted by atomic mass is 16.3. The van der Waals surface area contributed by atoms with Crippen LogP contribution < -0.4 is 37.6 Å². The predicted molar refractivity (Wildman–Crippen MR) is 223 cm³/mol. The van der Waals surface area contributed by atoms with E-state index in [-0.39, 0.29) is 49.8 Å². The lowest BCUT2D eigenvalue weighted by atomic mass is 10.0. The first-order valence-electron chi connectivity index (χ1n) is 20.1. The van der Waals surface area contributed by atoms with Crippen LogP contribution in [0.1, 0.15) is 50.3 Å². The highest BCUT2D eigenvalue weighted by molar-refractivity contribution is 5.96. The number of benzene rings is 3. The molecule has 0 saturated carbocycles. The molecule has 0 unspecified atom stereocenters. The zero-order chi connectivity index (χ0) is 44.6. The van der Waals surface area contributed by atoms with Crippen LogP contribution in [0.3, 0.4) is 0 Å². The van der Waals surface area contributed by atoms with Gasteiger partial charge in [-0.2, -0.15) is 0 Å². The van der Waals surface area contributed by atoms with Gasteiger partial charge in [-0.05, 0) is 81.0 Å². The summed E-state index contributed by atoms with van der Waals surface area (Å²) >= 11 is 0. The molecule has 1 fully saturated rings. The molecule has 0 radical (unpaired) electrons. The Balaban J connectivity index is 1.43. The van der Waals surface area contributed by atoms with Crippen molar-refractivity contribution >= 4 is 41.4 Å². The molecular weight excluding hydrogens is 789 g/mol. The van der Waals surface area contributed by atoms with Gasteiger partial charge in [0, 0.05) is 25.4 Å². The monoisotopic (exact) mass is 844 g/mol. The van der Waals surface area contributed by atoms with Crippen LogP contribution in [-0.4, -0.2) is 124 Å². The quantitative estimate of drug-likeness (QED) is 0.0661. The van der Waals surface area contributed by atoms with Crippen molar-refractivity contribution in [3.63, 3.8) is 0 Å². The van der Waals surface area contributed by atoms with Gasteiger partial charge in [0.15, 0.2) is 0 Å². The summed E-state index contributed by atoms with van der Waals surface area (Å²) in [7, 11) is 0. The molecule has 1 saturated heterocycles. The molecule has 0 spiro atoms. The fourth-order valence-corrected chi connectivity index (χ4v) is 6.67. The molecule has 0 aromatic heterocycles. The van der Waals surface area contributed by atoms with Gasteiger partial charge in [-0.25, -0.2) is 0 Å². The van der Waals surface area contributed by atoms with Gasteiger partial charge in [-0.3, -0.25) is 33.6 Å². The summed E-state index contributed by atoms with van der Waals surface area (Å²) in [5, 5.41) is 44.7. The molecular formula is C43H56N8O10. The first-order chi connectivity index (χ1) is 29.0. The third-order valence-electron chi connectivity index (χ3n) is 9.91. The van der Waals surface area contributed by atoms with Gasteiger partial charge in [-0.1, -0.05) is 54.6 Å². The summed E-state index contributed by atoms with van der Waals surface area (Å²) in [5.74, 6) is -4.59. The molecule has 4 rings (SSSR count). The minimum Gasteiger partial charge on any atom is -0.508 e. The smallest absolute Gasteiger partial charge is 0.246 e. The Kier molecular flexibility index (Phi) is 17.6. The van der Waals surface area contributed by atoms with Crippen LogP contribution in [0.4, 0.5) is 0 Å². The lowest BCUT2D eigenvalue weighted by Gasteiger charge is -2.30. The maximum absolute atomic E-state index is 14.1. The largest absolute Gasteiger partial charge is 0.508 e. The van der Waals surface area contributed by atoms with Crippen LogP contribution in [0, 0.1) is 0 Å². The fraction of sp³-hybridized carbons (Fsp3) is 0.419. The zero-order valence-electron chi connectivity index (χ0n) is 34.4. The molecule has 1 aliphatic heterocycles. The molecule has 3 aromatic carbocycles. The van der Waals surface area contributed by atoms with E-state index in [1.54, 1.807) is 68.4 Å². The van der Waals surface area contributed by atoms with Crippen molar-refractivity contribution < 1.29 is 48.9 Å². The van der Waals surface area contributed by atoms with Gasteiger partial charge >= 0.3 is 0 Å². The molecule has 6 atom stereocenters. The van der Waals surface area contributed by atoms with Crippen molar-refractivity contribution in [2.45, 2.75) is 95.2 Å². The van der Waals surface area contributed by atoms with Gasteiger partial charge in [-0.15, -0.1) is 0 Å². The van der Waals surface area contributed by atoms with E-state index >= 15 is 0 Å². The van der Waals surface area contributed by atoms with Crippen LogP contribution in [-0.2, 0) is 52.8 Å². The van der Waals surface area contributed by atoms with Crippen molar-refractivity contribution in [2.75, 3.05) is 19.7 Å². The van der Waals surface area contributed by atoms with E-state index in [0.717, 1.165) is 0 Å². The van der Waals surface area contributed by atoms with Crippen LogP contribution in [0.15, 0.2) is 78.9 Å². The van der Waals surface area contributed by atoms with Gasteiger partial charge in [0.05, 0.1) is 19.2 Å². The van der Waals surface area contributed by atoms with E-state index in [9.17, 15) is 48.9 Å². The number of hydrogen-bond donors (Lipinski definition) is 10. The minimum atomic E-state index is -1.25. The topological polar surface area (TPSA) is 282 Å². The van der Waals surface area contributed by atoms with Crippen LogP contribution >= 0.6 is 0 Å². The number of nitrogens with two attached hydrogens (primary N) is 1. The molecule has 18 nitrogen and oxygen atoms in total. The number of hydrogen-bond acceptors (Lipinski definition) is 11. The van der Waals surface area contributed by atoms with Gasteiger partial charge in [0.2, 0.25) is 41.4 Å². The van der Waals surface area contributed by atoms with E-state index in [2.05, 4.69) is 31.9 Å². The van der Waals surface area contributed by atoms with E-state index < -0.39 is 90.8 Å². The summed E-state index contributed by atoms with van der Waals surface area (Å²) in [5.41, 5.74) is 8.03. The second-order valence-corrected chi connectivity index (χ2v) is 15.3. The van der Waals surface area contributed by atoms with Gasteiger partial charge in [0.25, 0.3) is 0 Å². The zero-order valence-corrected chi connectivity index (χ0v) is 34.4. The Morgan fingerprint density at radius 2 is 1.23 bits per heavy atom. The molecule has 0 aliphatic carbocycles. The number of likely N-dealkylation sites (tertiary alicyclic amines) is 1. The highest BCUT2D eigenvalue weighted by Gasteiger charge is 2.39. The standard InChI is InChI=1S/C43H56N8O10/c1-25(2)46-41(59)35(24-52)50-42(60)36-10-7-19-51(36)43(61)34(22-29-13-17-31(54)18-14-29)48-37(55)23-45-40(58)33(21-27-8-5-4-6-9-27)49-38(56)26(3)47-39(57)32(44)20-28-11-15-30(53)16-12-28/h4-6,8-9,11-18,25-26,32-36,52-54H,7,10,19-24,44H2,1-3H3,(H,45,58)(H,46,59)(H,47,57)(H,48,55)(H,49,56)(H,50,60)/t26-,32+,33+,34+,35+,36+/m1/s1. The number of carbonyl (C=O) groups is 7. The molecule has 61 heavy (non-hydrogen) atoms. The summed E-state index contributed by atoms with van der Waals surface area (Å²) in [6.07, 6.45) is 0.832. The number of aliphatic hydroxyl groups is 1. The Labute approximate surface area is 354 Å². The molecule has 1 heterocycles. The Morgan fingerprint density at radius 3 is 1.82 bits per heavy atom. The summed E-state index contributed by atoms with van der Waals surface area (Å²) in [6, 6.07) is 13.9. The number of nitrogens with zero attached hydrogens (tertiary/aromatic N) is 1. The Bertz CT molecular complexity index is 1980. The molecule has 18 heteroatoms. The van der Waals surface area contributed by atoms with Crippen molar-refractivity contribution in [1.29, 1.82) is 0 Å². The summed E-state index contributed by atoms with van der Waals surface area (Å²) in [4.78, 5) is 94.7. The van der Waals surface area contributed by atoms with Crippen molar-refractivity contribution in [3.8, 4) is 11.5 Å². The molecule has 0 bridgehead atoms. The van der Waals surface area contributed by atoms with E-state index in [1.807, 2.05) is 0 Å². The number of phenols is 2. The summed E-state index contributed by atoms with van der Waals surface area (Å²) < 4.78 is 0. The first kappa shape index (κ1) is 47.2. The fourth-order valence-electron chi connectivity index (χ4n) is 6.67. The lowest BCUT2D eigenvalue weighted by molar-refractivity contribution is -0.142. The number of phenolic OH excluding ortho intramolecular Hbond substituents is 2. The molecule has 7 amide bonds. The minimum absolute atomic E-state index is 0.0160. The lowest BCUT2D eigenvalue weighted by Crippen LogP contribution is -2.58. The third-order valence-corrected chi connectivity index (χ3v) is 9.91. The summed E-state index contributed by atoms with van der Waals surface area (Å²) in [6.45, 7) is 3.78. The van der Waals surface area contributed by atoms with Gasteiger partial charge < -0.3 is 57.9 Å². The first-order valence-corrected chi connectivity index (χ1v) is 20.1. The predicted octanol–water partition coefficient (Wildman–Crippen LogP) is -0.964. The van der Waals surface area contributed by atoms with Crippen LogP contribution in [0.5, 0.6) is 11.5 Å². The third kappa shape index (κ3) is 14.6.